The predicted molar refractivity (Wildman–Crippen MR) is 66.9 cm³/mol. The summed E-state index contributed by atoms with van der Waals surface area (Å²) in [6, 6.07) is 1.89. The Hall–Kier alpha value is -1.23. The lowest BCUT2D eigenvalue weighted by Gasteiger charge is -2.19. The molecule has 2 heterocycles. The van der Waals surface area contributed by atoms with Crippen LogP contribution in [0.4, 0.5) is 0 Å². The minimum Gasteiger partial charge on any atom is -0.239 e. The molecule has 1 aromatic rings. The molecule has 0 bridgehead atoms. The zero-order valence-corrected chi connectivity index (χ0v) is 11.5. The molecule has 0 spiro atoms. The van der Waals surface area contributed by atoms with E-state index < -0.39 is 10.0 Å². The summed E-state index contributed by atoms with van der Waals surface area (Å²) < 4.78 is 27.8. The van der Waals surface area contributed by atoms with E-state index in [0.717, 1.165) is 5.56 Å². The zero-order chi connectivity index (χ0) is 13.0. The van der Waals surface area contributed by atoms with E-state index in [4.69, 9.17) is 0 Å². The maximum absolute atomic E-state index is 12.0. The van der Waals surface area contributed by atoms with Gasteiger partial charge in [-0.3, -0.25) is 0 Å². The second-order valence-electron chi connectivity index (χ2n) is 5.43. The molecule has 1 aliphatic rings. The maximum Gasteiger partial charge on any atom is 0.300 e. The van der Waals surface area contributed by atoms with Crippen LogP contribution in [0.3, 0.4) is 0 Å². The van der Waals surface area contributed by atoms with Gasteiger partial charge in [0.05, 0.1) is 5.71 Å². The summed E-state index contributed by atoms with van der Waals surface area (Å²) in [4.78, 5) is 4.13. The highest BCUT2D eigenvalue weighted by Gasteiger charge is 2.37. The van der Waals surface area contributed by atoms with Gasteiger partial charge in [-0.15, -0.1) is 0 Å². The molecule has 1 aliphatic heterocycles. The summed E-state index contributed by atoms with van der Waals surface area (Å²) in [5.41, 5.74) is 2.61. The number of fused-ring (bicyclic) bond motifs is 1. The van der Waals surface area contributed by atoms with E-state index in [9.17, 15) is 8.42 Å². The molecular weight excluding hydrogens is 236 g/mol. The van der Waals surface area contributed by atoms with Gasteiger partial charge in [-0.2, -0.15) is 12.8 Å². The van der Waals surface area contributed by atoms with Crippen molar-refractivity contribution in [1.82, 2.24) is 4.98 Å². The van der Waals surface area contributed by atoms with Crippen molar-refractivity contribution in [3.8, 4) is 0 Å². The van der Waals surface area contributed by atoms with Crippen molar-refractivity contribution < 1.29 is 8.42 Å². The summed E-state index contributed by atoms with van der Waals surface area (Å²) in [5.74, 6) is 0. The quantitative estimate of drug-likeness (QED) is 0.711. The third-order valence-corrected chi connectivity index (χ3v) is 3.92. The monoisotopic (exact) mass is 252 g/mol. The molecule has 0 amide bonds. The molecule has 0 radical (unpaired) electrons. The van der Waals surface area contributed by atoms with E-state index in [1.165, 1.54) is 0 Å². The number of aryl methyl sites for hydroxylation is 2. The topological polar surface area (TPSA) is 59.4 Å². The van der Waals surface area contributed by atoms with Gasteiger partial charge in [0.15, 0.2) is 5.03 Å². The van der Waals surface area contributed by atoms with Crippen molar-refractivity contribution >= 4 is 15.7 Å². The Balaban J connectivity index is 2.84. The Morgan fingerprint density at radius 1 is 1.18 bits per heavy atom. The van der Waals surface area contributed by atoms with Crippen LogP contribution in [0.5, 0.6) is 0 Å². The van der Waals surface area contributed by atoms with Crippen LogP contribution in [-0.2, 0) is 10.0 Å². The molecule has 5 heteroatoms. The van der Waals surface area contributed by atoms with E-state index >= 15 is 0 Å². The summed E-state index contributed by atoms with van der Waals surface area (Å²) in [6.45, 7) is 9.55. The van der Waals surface area contributed by atoms with Crippen LogP contribution in [0.1, 0.15) is 37.6 Å². The second-order valence-corrected chi connectivity index (χ2v) is 6.95. The molecule has 2 rings (SSSR count). The Morgan fingerprint density at radius 3 is 2.29 bits per heavy atom. The minimum atomic E-state index is -3.61. The number of hydrogen-bond donors (Lipinski definition) is 0. The van der Waals surface area contributed by atoms with E-state index in [2.05, 4.69) is 9.38 Å². The van der Waals surface area contributed by atoms with Crippen molar-refractivity contribution in [1.29, 1.82) is 0 Å². The Kier molecular flexibility index (Phi) is 2.43. The lowest BCUT2D eigenvalue weighted by molar-refractivity contribution is 0.588. The first-order valence-electron chi connectivity index (χ1n) is 5.47. The maximum atomic E-state index is 12.0. The molecule has 0 atom stereocenters. The van der Waals surface area contributed by atoms with Crippen LogP contribution in [0.2, 0.25) is 0 Å². The van der Waals surface area contributed by atoms with Gasteiger partial charge >= 0.3 is 10.0 Å². The predicted octanol–water partition coefficient (Wildman–Crippen LogP) is 2.24. The van der Waals surface area contributed by atoms with Gasteiger partial charge < -0.3 is 0 Å². The van der Waals surface area contributed by atoms with E-state index in [1.54, 1.807) is 6.92 Å². The molecule has 0 saturated heterocycles. The van der Waals surface area contributed by atoms with Crippen LogP contribution in [0.15, 0.2) is 15.5 Å². The summed E-state index contributed by atoms with van der Waals surface area (Å²) >= 11 is 0. The smallest absolute Gasteiger partial charge is 0.239 e. The first kappa shape index (κ1) is 12.2. The van der Waals surface area contributed by atoms with Crippen LogP contribution >= 0.6 is 0 Å². The molecule has 0 aliphatic carbocycles. The van der Waals surface area contributed by atoms with Crippen molar-refractivity contribution in [2.24, 2.45) is 9.81 Å². The van der Waals surface area contributed by atoms with Crippen LogP contribution in [0, 0.1) is 19.3 Å². The van der Waals surface area contributed by atoms with Crippen LogP contribution in [-0.4, -0.2) is 19.1 Å². The minimum absolute atomic E-state index is 0.111. The van der Waals surface area contributed by atoms with Gasteiger partial charge in [0.2, 0.25) is 0 Å². The van der Waals surface area contributed by atoms with Crippen LogP contribution in [0.25, 0.3) is 0 Å². The molecule has 0 fully saturated rings. The fourth-order valence-electron chi connectivity index (χ4n) is 2.00. The molecule has 17 heavy (non-hydrogen) atoms. The average Bonchev–Trinajstić information content (AvgIpc) is 2.38. The van der Waals surface area contributed by atoms with Crippen molar-refractivity contribution in [3.05, 3.63) is 22.9 Å². The fraction of sp³-hybridized carbons (Fsp3) is 0.500. The van der Waals surface area contributed by atoms with E-state index in [0.29, 0.717) is 17.0 Å². The van der Waals surface area contributed by atoms with Crippen molar-refractivity contribution in [3.63, 3.8) is 0 Å². The first-order chi connectivity index (χ1) is 7.63. The molecule has 0 aromatic carbocycles. The number of pyridine rings is 1. The Labute approximate surface area is 102 Å². The highest BCUT2D eigenvalue weighted by atomic mass is 32.2. The fourth-order valence-corrected chi connectivity index (χ4v) is 3.47. The summed E-state index contributed by atoms with van der Waals surface area (Å²) in [7, 11) is -3.61. The molecule has 0 saturated carbocycles. The average molecular weight is 252 g/mol. The standard InChI is InChI=1S/C12H16N2O2S/c1-7-6-8(2)13-11-9(7)10(12(3,4)5)14-17(11,15)16/h6H,1-5H3. The SMILES string of the molecule is Cc1cc(C)c2c(n1)S(=O)(=O)N=C2C(C)(C)C. The van der Waals surface area contributed by atoms with Gasteiger partial charge in [0, 0.05) is 16.7 Å². The van der Waals surface area contributed by atoms with Gasteiger partial charge in [0.1, 0.15) is 0 Å². The van der Waals surface area contributed by atoms with E-state index in [-0.39, 0.29) is 10.4 Å². The number of aromatic nitrogens is 1. The molecule has 0 N–H and O–H groups in total. The van der Waals surface area contributed by atoms with Gasteiger partial charge in [0.25, 0.3) is 0 Å². The van der Waals surface area contributed by atoms with Crippen molar-refractivity contribution in [2.45, 2.75) is 39.6 Å². The molecule has 0 unspecified atom stereocenters. The number of rotatable bonds is 0. The highest BCUT2D eigenvalue weighted by Crippen LogP contribution is 2.35. The normalized spacial score (nSPS) is 17.8. The van der Waals surface area contributed by atoms with E-state index in [1.807, 2.05) is 33.8 Å². The lowest BCUT2D eigenvalue weighted by Crippen LogP contribution is -2.21. The highest BCUT2D eigenvalue weighted by molar-refractivity contribution is 7.90. The third kappa shape index (κ3) is 1.88. The molecule has 4 nitrogen and oxygen atoms in total. The van der Waals surface area contributed by atoms with Gasteiger partial charge in [-0.05, 0) is 25.5 Å². The number of hydrogen-bond acceptors (Lipinski definition) is 3. The molecule has 92 valence electrons. The summed E-state index contributed by atoms with van der Waals surface area (Å²) in [6.07, 6.45) is 0. The summed E-state index contributed by atoms with van der Waals surface area (Å²) in [5, 5.41) is 0.111. The Morgan fingerprint density at radius 2 is 1.76 bits per heavy atom. The molecular formula is C12H16N2O2S. The van der Waals surface area contributed by atoms with Crippen molar-refractivity contribution in [2.75, 3.05) is 0 Å². The van der Waals surface area contributed by atoms with Gasteiger partial charge in [-0.1, -0.05) is 20.8 Å². The first-order valence-corrected chi connectivity index (χ1v) is 6.91. The lowest BCUT2D eigenvalue weighted by atomic mass is 9.85. The van der Waals surface area contributed by atoms with Crippen LogP contribution < -0.4 is 0 Å². The van der Waals surface area contributed by atoms with Gasteiger partial charge in [-0.25, -0.2) is 4.98 Å². The largest absolute Gasteiger partial charge is 0.300 e. The third-order valence-electron chi connectivity index (χ3n) is 2.71. The number of nitrogens with zero attached hydrogens (tertiary/aromatic N) is 2. The number of sulfonamides is 1. The Bertz CT molecular complexity index is 623. The molecule has 1 aromatic heterocycles. The zero-order valence-electron chi connectivity index (χ0n) is 10.7. The second kappa shape index (κ2) is 3.38.